The first-order valence-electron chi connectivity index (χ1n) is 13.6. The van der Waals surface area contributed by atoms with E-state index in [4.69, 9.17) is 4.74 Å². The number of nitrogens with one attached hydrogen (secondary N) is 1. The fraction of sp³-hybridized carbons (Fsp3) is 0.206. The standard InChI is InChI=1S/C34H34N2O5/c1-24(25-12-4-3-5-13-25)35-33(39)29-17-9-7-15-27(29)28-16-8-10-18-30(28)34(40)36(23-21-32(37)38)22-20-26-14-6-11-19-31(26)41-2/h3-19,24H,20-23H2,1-2H3,(H,35,39)(H,37,38). The molecular weight excluding hydrogens is 516 g/mol. The summed E-state index contributed by atoms with van der Waals surface area (Å²) in [6.45, 7) is 2.28. The quantitative estimate of drug-likeness (QED) is 0.225. The normalized spacial score (nSPS) is 11.4. The highest BCUT2D eigenvalue weighted by Crippen LogP contribution is 2.29. The van der Waals surface area contributed by atoms with Crippen LogP contribution in [-0.4, -0.2) is 48.0 Å². The van der Waals surface area contributed by atoms with Gasteiger partial charge in [0, 0.05) is 24.2 Å². The number of carboxylic acids is 1. The van der Waals surface area contributed by atoms with Crippen molar-refractivity contribution in [3.05, 3.63) is 125 Å². The fourth-order valence-electron chi connectivity index (χ4n) is 4.80. The molecule has 4 aromatic carbocycles. The Morgan fingerprint density at radius 3 is 2.05 bits per heavy atom. The van der Waals surface area contributed by atoms with E-state index in [1.807, 2.05) is 85.8 Å². The van der Waals surface area contributed by atoms with Crippen LogP contribution >= 0.6 is 0 Å². The number of hydrogen-bond acceptors (Lipinski definition) is 4. The molecule has 0 bridgehead atoms. The van der Waals surface area contributed by atoms with Gasteiger partial charge in [-0.25, -0.2) is 0 Å². The molecule has 2 N–H and O–H groups in total. The molecule has 4 rings (SSSR count). The van der Waals surface area contributed by atoms with Gasteiger partial charge in [0.15, 0.2) is 0 Å². The molecule has 0 saturated heterocycles. The molecule has 0 aliphatic rings. The molecule has 210 valence electrons. The minimum absolute atomic E-state index is 0.0500. The second-order valence-electron chi connectivity index (χ2n) is 9.69. The summed E-state index contributed by atoms with van der Waals surface area (Å²) in [5, 5.41) is 12.4. The molecule has 0 heterocycles. The van der Waals surface area contributed by atoms with Gasteiger partial charge in [-0.05, 0) is 53.8 Å². The summed E-state index contributed by atoms with van der Waals surface area (Å²) in [6, 6.07) is 31.4. The first-order valence-corrected chi connectivity index (χ1v) is 13.6. The van der Waals surface area contributed by atoms with Gasteiger partial charge in [-0.1, -0.05) is 84.9 Å². The Balaban J connectivity index is 1.63. The third-order valence-electron chi connectivity index (χ3n) is 6.99. The van der Waals surface area contributed by atoms with Crippen molar-refractivity contribution in [1.82, 2.24) is 10.2 Å². The van der Waals surface area contributed by atoms with Crippen LogP contribution in [0.4, 0.5) is 0 Å². The molecule has 0 aromatic heterocycles. The molecule has 4 aromatic rings. The van der Waals surface area contributed by atoms with Gasteiger partial charge in [-0.3, -0.25) is 14.4 Å². The predicted molar refractivity (Wildman–Crippen MR) is 159 cm³/mol. The monoisotopic (exact) mass is 550 g/mol. The highest BCUT2D eigenvalue weighted by molar-refractivity contribution is 6.06. The third-order valence-corrected chi connectivity index (χ3v) is 6.99. The number of ether oxygens (including phenoxy) is 1. The number of carboxylic acid groups (broad SMARTS) is 1. The maximum absolute atomic E-state index is 14.0. The number of amides is 2. The average molecular weight is 551 g/mol. The molecule has 0 aliphatic carbocycles. The van der Waals surface area contributed by atoms with E-state index in [1.165, 1.54) is 0 Å². The van der Waals surface area contributed by atoms with Crippen LogP contribution in [0.3, 0.4) is 0 Å². The zero-order valence-corrected chi connectivity index (χ0v) is 23.2. The number of nitrogens with zero attached hydrogens (tertiary/aromatic N) is 1. The van der Waals surface area contributed by atoms with Crippen molar-refractivity contribution in [3.8, 4) is 16.9 Å². The van der Waals surface area contributed by atoms with Crippen molar-refractivity contribution in [2.24, 2.45) is 0 Å². The van der Waals surface area contributed by atoms with E-state index in [-0.39, 0.29) is 30.8 Å². The topological polar surface area (TPSA) is 95.9 Å². The van der Waals surface area contributed by atoms with E-state index in [9.17, 15) is 19.5 Å². The molecule has 0 saturated carbocycles. The van der Waals surface area contributed by atoms with Gasteiger partial charge in [-0.15, -0.1) is 0 Å². The average Bonchev–Trinajstić information content (AvgIpc) is 3.01. The summed E-state index contributed by atoms with van der Waals surface area (Å²) in [5.74, 6) is -0.825. The van der Waals surface area contributed by atoms with E-state index in [1.54, 1.807) is 36.3 Å². The zero-order valence-electron chi connectivity index (χ0n) is 23.2. The summed E-state index contributed by atoms with van der Waals surface area (Å²) in [7, 11) is 1.59. The number of methoxy groups -OCH3 is 1. The zero-order chi connectivity index (χ0) is 29.2. The first kappa shape index (κ1) is 29.1. The van der Waals surface area contributed by atoms with Crippen LogP contribution in [0.25, 0.3) is 11.1 Å². The lowest BCUT2D eigenvalue weighted by Crippen LogP contribution is -2.35. The largest absolute Gasteiger partial charge is 0.496 e. The van der Waals surface area contributed by atoms with Crippen LogP contribution in [0, 0.1) is 0 Å². The van der Waals surface area contributed by atoms with Crippen LogP contribution in [0.1, 0.15) is 51.2 Å². The van der Waals surface area contributed by atoms with Gasteiger partial charge in [0.05, 0.1) is 19.6 Å². The fourth-order valence-corrected chi connectivity index (χ4v) is 4.80. The molecule has 1 atom stereocenters. The molecule has 1 unspecified atom stereocenters. The molecule has 0 spiro atoms. The first-order chi connectivity index (χ1) is 19.9. The van der Waals surface area contributed by atoms with Gasteiger partial charge in [0.1, 0.15) is 5.75 Å². The second-order valence-corrected chi connectivity index (χ2v) is 9.69. The number of carbonyl (C=O) groups excluding carboxylic acids is 2. The maximum Gasteiger partial charge on any atom is 0.305 e. The molecule has 0 aliphatic heterocycles. The Morgan fingerprint density at radius 2 is 1.37 bits per heavy atom. The Morgan fingerprint density at radius 1 is 0.780 bits per heavy atom. The van der Waals surface area contributed by atoms with Crippen molar-refractivity contribution in [1.29, 1.82) is 0 Å². The van der Waals surface area contributed by atoms with Crippen molar-refractivity contribution in [2.75, 3.05) is 20.2 Å². The Hall–Kier alpha value is -4.91. The number of rotatable bonds is 12. The van der Waals surface area contributed by atoms with Crippen molar-refractivity contribution in [3.63, 3.8) is 0 Å². The summed E-state index contributed by atoms with van der Waals surface area (Å²) >= 11 is 0. The van der Waals surface area contributed by atoms with Crippen LogP contribution < -0.4 is 10.1 Å². The second kappa shape index (κ2) is 13.9. The molecule has 7 nitrogen and oxygen atoms in total. The number of para-hydroxylation sites is 1. The molecule has 2 amide bonds. The molecule has 0 radical (unpaired) electrons. The number of benzene rings is 4. The summed E-state index contributed by atoms with van der Waals surface area (Å²) in [5.41, 5.74) is 3.98. The van der Waals surface area contributed by atoms with E-state index in [2.05, 4.69) is 5.32 Å². The van der Waals surface area contributed by atoms with E-state index >= 15 is 0 Å². The van der Waals surface area contributed by atoms with E-state index < -0.39 is 5.97 Å². The van der Waals surface area contributed by atoms with Gasteiger partial charge < -0.3 is 20.1 Å². The van der Waals surface area contributed by atoms with E-state index in [0.717, 1.165) is 11.1 Å². The van der Waals surface area contributed by atoms with Crippen molar-refractivity contribution >= 4 is 17.8 Å². The number of aliphatic carboxylic acids is 1. The van der Waals surface area contributed by atoms with Crippen LogP contribution in [-0.2, 0) is 11.2 Å². The Kier molecular flexibility index (Phi) is 9.89. The van der Waals surface area contributed by atoms with Crippen molar-refractivity contribution < 1.29 is 24.2 Å². The number of hydrogen-bond donors (Lipinski definition) is 2. The maximum atomic E-state index is 14.0. The lowest BCUT2D eigenvalue weighted by Gasteiger charge is -2.24. The lowest BCUT2D eigenvalue weighted by molar-refractivity contribution is -0.137. The highest BCUT2D eigenvalue weighted by Gasteiger charge is 2.23. The van der Waals surface area contributed by atoms with Gasteiger partial charge in [0.25, 0.3) is 11.8 Å². The van der Waals surface area contributed by atoms with Crippen LogP contribution in [0.2, 0.25) is 0 Å². The summed E-state index contributed by atoms with van der Waals surface area (Å²) < 4.78 is 5.45. The summed E-state index contributed by atoms with van der Waals surface area (Å²) in [4.78, 5) is 40.4. The molecule has 7 heteroatoms. The molecule has 0 fully saturated rings. The van der Waals surface area contributed by atoms with Crippen molar-refractivity contribution in [2.45, 2.75) is 25.8 Å². The smallest absolute Gasteiger partial charge is 0.305 e. The Labute approximate surface area is 240 Å². The van der Waals surface area contributed by atoms with Gasteiger partial charge >= 0.3 is 5.97 Å². The molecular formula is C34H34N2O5. The van der Waals surface area contributed by atoms with Gasteiger partial charge in [-0.2, -0.15) is 0 Å². The van der Waals surface area contributed by atoms with Gasteiger partial charge in [0.2, 0.25) is 0 Å². The lowest BCUT2D eigenvalue weighted by atomic mass is 9.94. The van der Waals surface area contributed by atoms with Crippen LogP contribution in [0.15, 0.2) is 103 Å². The minimum atomic E-state index is -0.983. The number of carbonyl (C=O) groups is 3. The van der Waals surface area contributed by atoms with E-state index in [0.29, 0.717) is 41.0 Å². The SMILES string of the molecule is COc1ccccc1CCN(CCC(=O)O)C(=O)c1ccccc1-c1ccccc1C(=O)NC(C)c1ccccc1. The minimum Gasteiger partial charge on any atom is -0.496 e. The third kappa shape index (κ3) is 7.39. The summed E-state index contributed by atoms with van der Waals surface area (Å²) in [6.07, 6.45) is 0.310. The van der Waals surface area contributed by atoms with Crippen LogP contribution in [0.5, 0.6) is 5.75 Å². The highest BCUT2D eigenvalue weighted by atomic mass is 16.5. The Bertz CT molecular complexity index is 1500. The predicted octanol–water partition coefficient (Wildman–Crippen LogP) is 6.01. The molecule has 41 heavy (non-hydrogen) atoms.